The van der Waals surface area contributed by atoms with Gasteiger partial charge >= 0.3 is 0 Å². The van der Waals surface area contributed by atoms with Gasteiger partial charge in [-0.1, -0.05) is 6.07 Å². The van der Waals surface area contributed by atoms with Gasteiger partial charge in [-0.3, -0.25) is 9.59 Å². The van der Waals surface area contributed by atoms with E-state index < -0.39 is 6.10 Å². The highest BCUT2D eigenvalue weighted by molar-refractivity contribution is 5.97. The Hall–Kier alpha value is -1.84. The van der Waals surface area contributed by atoms with Crippen molar-refractivity contribution in [3.63, 3.8) is 0 Å². The van der Waals surface area contributed by atoms with Crippen molar-refractivity contribution in [2.24, 2.45) is 0 Å². The molecule has 1 unspecified atom stereocenters. The number of fused-ring (bicyclic) bond motifs is 1. The standard InChI is InChI=1S/C12H13NO3/c1-7(14)5-9-3-4-10-11(6-9)16-8(2)12(15)13-10/h3-4,6,8H,5H2,1-2H3,(H,13,15). The van der Waals surface area contributed by atoms with E-state index in [-0.39, 0.29) is 11.7 Å². The predicted octanol–water partition coefficient (Wildman–Crippen LogP) is 1.54. The maximum Gasteiger partial charge on any atom is 0.265 e. The average molecular weight is 219 g/mol. The van der Waals surface area contributed by atoms with Crippen LogP contribution in [0.4, 0.5) is 5.69 Å². The van der Waals surface area contributed by atoms with Crippen molar-refractivity contribution in [1.82, 2.24) is 0 Å². The topological polar surface area (TPSA) is 55.4 Å². The van der Waals surface area contributed by atoms with Crippen LogP contribution in [0.5, 0.6) is 5.75 Å². The lowest BCUT2D eigenvalue weighted by atomic mass is 10.1. The van der Waals surface area contributed by atoms with Crippen LogP contribution in [-0.4, -0.2) is 17.8 Å². The summed E-state index contributed by atoms with van der Waals surface area (Å²) in [7, 11) is 0. The monoisotopic (exact) mass is 219 g/mol. The Morgan fingerprint density at radius 3 is 2.94 bits per heavy atom. The molecule has 1 aromatic rings. The highest BCUT2D eigenvalue weighted by Gasteiger charge is 2.23. The van der Waals surface area contributed by atoms with Crippen LogP contribution in [0.25, 0.3) is 0 Å². The second-order valence-corrected chi connectivity index (χ2v) is 3.96. The summed E-state index contributed by atoms with van der Waals surface area (Å²) in [6, 6.07) is 5.38. The molecule has 16 heavy (non-hydrogen) atoms. The molecular formula is C12H13NO3. The molecule has 1 atom stereocenters. The summed E-state index contributed by atoms with van der Waals surface area (Å²) < 4.78 is 5.44. The molecule has 0 aliphatic carbocycles. The third kappa shape index (κ3) is 2.05. The zero-order valence-electron chi connectivity index (χ0n) is 9.24. The fourth-order valence-corrected chi connectivity index (χ4v) is 1.64. The number of rotatable bonds is 2. The highest BCUT2D eigenvalue weighted by atomic mass is 16.5. The summed E-state index contributed by atoms with van der Waals surface area (Å²) in [5, 5.41) is 2.74. The van der Waals surface area contributed by atoms with Crippen molar-refractivity contribution in [2.45, 2.75) is 26.4 Å². The normalized spacial score (nSPS) is 18.4. The van der Waals surface area contributed by atoms with Gasteiger partial charge in [0.25, 0.3) is 5.91 Å². The number of anilines is 1. The van der Waals surface area contributed by atoms with Crippen molar-refractivity contribution >= 4 is 17.4 Å². The lowest BCUT2D eigenvalue weighted by Crippen LogP contribution is -2.34. The molecule has 0 spiro atoms. The van der Waals surface area contributed by atoms with Crippen LogP contribution in [0.1, 0.15) is 19.4 Å². The number of Topliss-reactive ketones (excluding diaryl/α,β-unsaturated/α-hetero) is 1. The van der Waals surface area contributed by atoms with Gasteiger partial charge in [-0.2, -0.15) is 0 Å². The fraction of sp³-hybridized carbons (Fsp3) is 0.333. The van der Waals surface area contributed by atoms with Crippen LogP contribution in [0.3, 0.4) is 0 Å². The quantitative estimate of drug-likeness (QED) is 0.820. The van der Waals surface area contributed by atoms with Crippen molar-refractivity contribution in [3.8, 4) is 5.75 Å². The van der Waals surface area contributed by atoms with E-state index in [2.05, 4.69) is 5.32 Å². The molecule has 0 aromatic heterocycles. The largest absolute Gasteiger partial charge is 0.479 e. The molecule has 4 nitrogen and oxygen atoms in total. The van der Waals surface area contributed by atoms with Gasteiger partial charge in [0.05, 0.1) is 5.69 Å². The van der Waals surface area contributed by atoms with Crippen LogP contribution >= 0.6 is 0 Å². The maximum atomic E-state index is 11.3. The third-order valence-electron chi connectivity index (χ3n) is 2.43. The molecule has 0 fully saturated rings. The zero-order valence-corrected chi connectivity index (χ0v) is 9.24. The number of carbonyl (C=O) groups is 2. The minimum absolute atomic E-state index is 0.104. The van der Waals surface area contributed by atoms with E-state index in [1.165, 1.54) is 0 Å². The molecule has 1 heterocycles. The molecular weight excluding hydrogens is 206 g/mol. The van der Waals surface area contributed by atoms with Crippen molar-refractivity contribution in [3.05, 3.63) is 23.8 Å². The first-order chi connectivity index (χ1) is 7.56. The number of carbonyl (C=O) groups excluding carboxylic acids is 2. The summed E-state index contributed by atoms with van der Waals surface area (Å²) in [5.74, 6) is 0.588. The summed E-state index contributed by atoms with van der Waals surface area (Å²) in [6.07, 6.45) is -0.0982. The molecule has 0 bridgehead atoms. The van der Waals surface area contributed by atoms with Gasteiger partial charge in [-0.25, -0.2) is 0 Å². The van der Waals surface area contributed by atoms with Crippen LogP contribution in [-0.2, 0) is 16.0 Å². The summed E-state index contributed by atoms with van der Waals surface area (Å²) in [5.41, 5.74) is 1.56. The van der Waals surface area contributed by atoms with Gasteiger partial charge in [-0.15, -0.1) is 0 Å². The van der Waals surface area contributed by atoms with Crippen LogP contribution in [0, 0.1) is 0 Å². The van der Waals surface area contributed by atoms with E-state index >= 15 is 0 Å². The van der Waals surface area contributed by atoms with E-state index in [0.717, 1.165) is 5.56 Å². The average Bonchev–Trinajstić information content (AvgIpc) is 2.19. The molecule has 2 rings (SSSR count). The first-order valence-electron chi connectivity index (χ1n) is 5.16. The second kappa shape index (κ2) is 3.96. The molecule has 1 aliphatic heterocycles. The number of ether oxygens (including phenoxy) is 1. The number of hydrogen-bond donors (Lipinski definition) is 1. The van der Waals surface area contributed by atoms with Crippen LogP contribution < -0.4 is 10.1 Å². The van der Waals surface area contributed by atoms with E-state index in [1.807, 2.05) is 6.07 Å². The Morgan fingerprint density at radius 2 is 2.25 bits per heavy atom. The SMILES string of the molecule is CC(=O)Cc1ccc2c(c1)OC(C)C(=O)N2. The Labute approximate surface area is 93.6 Å². The van der Waals surface area contributed by atoms with Gasteiger partial charge < -0.3 is 10.1 Å². The van der Waals surface area contributed by atoms with E-state index in [4.69, 9.17) is 4.74 Å². The zero-order chi connectivity index (χ0) is 11.7. The number of nitrogens with one attached hydrogen (secondary N) is 1. The summed E-state index contributed by atoms with van der Waals surface area (Å²) in [4.78, 5) is 22.3. The number of amides is 1. The highest BCUT2D eigenvalue weighted by Crippen LogP contribution is 2.30. The van der Waals surface area contributed by atoms with Crippen molar-refractivity contribution in [2.75, 3.05) is 5.32 Å². The molecule has 0 saturated heterocycles. The summed E-state index contributed by atoms with van der Waals surface area (Å²) >= 11 is 0. The number of ketones is 1. The summed E-state index contributed by atoms with van der Waals surface area (Å²) in [6.45, 7) is 3.24. The van der Waals surface area contributed by atoms with E-state index in [0.29, 0.717) is 17.9 Å². The first kappa shape index (κ1) is 10.7. The Bertz CT molecular complexity index is 454. The first-order valence-corrected chi connectivity index (χ1v) is 5.16. The number of benzene rings is 1. The van der Waals surface area contributed by atoms with Crippen molar-refractivity contribution in [1.29, 1.82) is 0 Å². The minimum atomic E-state index is -0.486. The molecule has 4 heteroatoms. The molecule has 1 N–H and O–H groups in total. The number of hydrogen-bond acceptors (Lipinski definition) is 3. The molecule has 0 radical (unpaired) electrons. The fourth-order valence-electron chi connectivity index (χ4n) is 1.64. The van der Waals surface area contributed by atoms with Crippen LogP contribution in [0.15, 0.2) is 18.2 Å². The van der Waals surface area contributed by atoms with E-state index in [1.54, 1.807) is 26.0 Å². The Morgan fingerprint density at radius 1 is 1.50 bits per heavy atom. The lowest BCUT2D eigenvalue weighted by molar-refractivity contribution is -0.122. The predicted molar refractivity (Wildman–Crippen MR) is 59.5 cm³/mol. The van der Waals surface area contributed by atoms with E-state index in [9.17, 15) is 9.59 Å². The van der Waals surface area contributed by atoms with Gasteiger partial charge in [0.2, 0.25) is 0 Å². The lowest BCUT2D eigenvalue weighted by Gasteiger charge is -2.23. The van der Waals surface area contributed by atoms with Gasteiger partial charge in [0.15, 0.2) is 6.10 Å². The van der Waals surface area contributed by atoms with Gasteiger partial charge in [0, 0.05) is 6.42 Å². The third-order valence-corrected chi connectivity index (χ3v) is 2.43. The minimum Gasteiger partial charge on any atom is -0.479 e. The Balaban J connectivity index is 2.29. The Kier molecular flexibility index (Phi) is 2.64. The second-order valence-electron chi connectivity index (χ2n) is 3.96. The van der Waals surface area contributed by atoms with Crippen LogP contribution in [0.2, 0.25) is 0 Å². The molecule has 1 aromatic carbocycles. The maximum absolute atomic E-state index is 11.3. The van der Waals surface area contributed by atoms with Gasteiger partial charge in [-0.05, 0) is 31.5 Å². The molecule has 1 aliphatic rings. The van der Waals surface area contributed by atoms with Crippen molar-refractivity contribution < 1.29 is 14.3 Å². The molecule has 1 amide bonds. The van der Waals surface area contributed by atoms with Gasteiger partial charge in [0.1, 0.15) is 11.5 Å². The smallest absolute Gasteiger partial charge is 0.265 e. The molecule has 0 saturated carbocycles. The molecule has 84 valence electrons.